The lowest BCUT2D eigenvalue weighted by Crippen LogP contribution is -2.04. The van der Waals surface area contributed by atoms with Crippen LogP contribution in [0.4, 0.5) is 8.78 Å². The minimum atomic E-state index is -0.597. The number of ether oxygens (including phenoxy) is 1. The molecule has 0 fully saturated rings. The van der Waals surface area contributed by atoms with Crippen LogP contribution in [0.15, 0.2) is 72.9 Å². The molecule has 146 valence electrons. The van der Waals surface area contributed by atoms with E-state index in [1.54, 1.807) is 19.1 Å². The van der Waals surface area contributed by atoms with Crippen LogP contribution in [0.5, 0.6) is 0 Å². The Bertz CT molecular complexity index is 1200. The number of fused-ring (bicyclic) bond motifs is 1. The highest BCUT2D eigenvalue weighted by Gasteiger charge is 2.14. The van der Waals surface area contributed by atoms with Crippen molar-refractivity contribution in [2.75, 3.05) is 6.61 Å². The zero-order chi connectivity index (χ0) is 20.4. The molecule has 3 nitrogen and oxygen atoms in total. The standard InChI is InChI=1S/C24H19F2NO2/c1-2-29-24(28)17-7-5-6-16(12-17)21-15-27(23-9-4-3-8-20(21)23)14-18-10-11-19(25)13-22(18)26/h3-13,15H,2,14H2,1H3. The van der Waals surface area contributed by atoms with Crippen molar-refractivity contribution < 1.29 is 18.3 Å². The van der Waals surface area contributed by atoms with E-state index in [1.165, 1.54) is 12.1 Å². The van der Waals surface area contributed by atoms with Crippen molar-refractivity contribution >= 4 is 16.9 Å². The summed E-state index contributed by atoms with van der Waals surface area (Å²) in [6.45, 7) is 2.35. The minimum absolute atomic E-state index is 0.268. The number of nitrogens with zero attached hydrogens (tertiary/aromatic N) is 1. The van der Waals surface area contributed by atoms with Crippen LogP contribution in [-0.4, -0.2) is 17.1 Å². The highest BCUT2D eigenvalue weighted by atomic mass is 19.1. The second-order valence-corrected chi connectivity index (χ2v) is 6.72. The SMILES string of the molecule is CCOC(=O)c1cccc(-c2cn(Cc3ccc(F)cc3F)c3ccccc23)c1. The summed E-state index contributed by atoms with van der Waals surface area (Å²) in [5.74, 6) is -1.54. The highest BCUT2D eigenvalue weighted by Crippen LogP contribution is 2.32. The molecule has 0 saturated heterocycles. The first-order chi connectivity index (χ1) is 14.1. The first-order valence-corrected chi connectivity index (χ1v) is 9.36. The second kappa shape index (κ2) is 7.87. The summed E-state index contributed by atoms with van der Waals surface area (Å²) >= 11 is 0. The Morgan fingerprint density at radius 1 is 1.00 bits per heavy atom. The monoisotopic (exact) mass is 391 g/mol. The van der Waals surface area contributed by atoms with Gasteiger partial charge in [0, 0.05) is 34.3 Å². The fourth-order valence-corrected chi connectivity index (χ4v) is 3.47. The highest BCUT2D eigenvalue weighted by molar-refractivity contribution is 5.98. The van der Waals surface area contributed by atoms with Gasteiger partial charge in [-0.1, -0.05) is 36.4 Å². The first-order valence-electron chi connectivity index (χ1n) is 9.36. The Hall–Kier alpha value is -3.47. The maximum absolute atomic E-state index is 14.2. The number of carbonyl (C=O) groups is 1. The van der Waals surface area contributed by atoms with E-state index >= 15 is 0 Å². The number of carbonyl (C=O) groups excluding carboxylic acids is 1. The molecule has 0 amide bonds. The molecule has 0 saturated carbocycles. The van der Waals surface area contributed by atoms with Gasteiger partial charge in [-0.2, -0.15) is 0 Å². The molecule has 0 unspecified atom stereocenters. The largest absolute Gasteiger partial charge is 0.462 e. The Morgan fingerprint density at radius 3 is 2.62 bits per heavy atom. The molecule has 0 spiro atoms. The van der Waals surface area contributed by atoms with Gasteiger partial charge in [0.05, 0.1) is 18.7 Å². The van der Waals surface area contributed by atoms with Crippen molar-refractivity contribution in [2.24, 2.45) is 0 Å². The fraction of sp³-hybridized carbons (Fsp3) is 0.125. The predicted octanol–water partition coefficient (Wildman–Crippen LogP) is 5.81. The molecule has 0 aliphatic carbocycles. The zero-order valence-electron chi connectivity index (χ0n) is 15.9. The van der Waals surface area contributed by atoms with Crippen molar-refractivity contribution in [2.45, 2.75) is 13.5 Å². The summed E-state index contributed by atoms with van der Waals surface area (Å²) in [6, 6.07) is 18.6. The number of para-hydroxylation sites is 1. The quantitative estimate of drug-likeness (QED) is 0.402. The molecule has 0 aliphatic rings. The average Bonchev–Trinajstić information content (AvgIpc) is 3.09. The van der Waals surface area contributed by atoms with Crippen LogP contribution in [-0.2, 0) is 11.3 Å². The van der Waals surface area contributed by atoms with Gasteiger partial charge in [0.2, 0.25) is 0 Å². The Morgan fingerprint density at radius 2 is 1.83 bits per heavy atom. The van der Waals surface area contributed by atoms with Gasteiger partial charge in [-0.25, -0.2) is 13.6 Å². The van der Waals surface area contributed by atoms with Gasteiger partial charge in [-0.05, 0) is 36.8 Å². The van der Waals surface area contributed by atoms with E-state index in [1.807, 2.05) is 47.2 Å². The molecule has 29 heavy (non-hydrogen) atoms. The first kappa shape index (κ1) is 18.9. The predicted molar refractivity (Wildman–Crippen MR) is 109 cm³/mol. The van der Waals surface area contributed by atoms with Crippen molar-refractivity contribution in [3.63, 3.8) is 0 Å². The van der Waals surface area contributed by atoms with Crippen LogP contribution in [0.3, 0.4) is 0 Å². The number of esters is 1. The fourth-order valence-electron chi connectivity index (χ4n) is 3.47. The summed E-state index contributed by atoms with van der Waals surface area (Å²) in [5.41, 5.74) is 3.59. The molecule has 1 aromatic heterocycles. The normalized spacial score (nSPS) is 11.0. The lowest BCUT2D eigenvalue weighted by molar-refractivity contribution is 0.0526. The Balaban J connectivity index is 1.79. The summed E-state index contributed by atoms with van der Waals surface area (Å²) in [6.07, 6.45) is 1.93. The van der Waals surface area contributed by atoms with Crippen LogP contribution >= 0.6 is 0 Å². The minimum Gasteiger partial charge on any atom is -0.462 e. The van der Waals surface area contributed by atoms with Crippen LogP contribution in [0.2, 0.25) is 0 Å². The van der Waals surface area contributed by atoms with Crippen molar-refractivity contribution in [3.05, 3.63) is 95.7 Å². The number of hydrogen-bond acceptors (Lipinski definition) is 2. The average molecular weight is 391 g/mol. The van der Waals surface area contributed by atoms with Gasteiger partial charge in [0.25, 0.3) is 0 Å². The van der Waals surface area contributed by atoms with E-state index in [0.29, 0.717) is 17.7 Å². The zero-order valence-corrected chi connectivity index (χ0v) is 15.9. The van der Waals surface area contributed by atoms with E-state index in [-0.39, 0.29) is 12.5 Å². The van der Waals surface area contributed by atoms with Gasteiger partial charge in [-0.3, -0.25) is 0 Å². The molecular weight excluding hydrogens is 372 g/mol. The number of rotatable bonds is 5. The van der Waals surface area contributed by atoms with Crippen LogP contribution in [0.1, 0.15) is 22.8 Å². The van der Waals surface area contributed by atoms with E-state index < -0.39 is 11.6 Å². The van der Waals surface area contributed by atoms with Gasteiger partial charge in [0.15, 0.2) is 0 Å². The lowest BCUT2D eigenvalue weighted by atomic mass is 10.0. The van der Waals surface area contributed by atoms with E-state index in [0.717, 1.165) is 28.1 Å². The van der Waals surface area contributed by atoms with E-state index in [4.69, 9.17) is 4.74 Å². The topological polar surface area (TPSA) is 31.2 Å². The number of hydrogen-bond donors (Lipinski definition) is 0. The van der Waals surface area contributed by atoms with E-state index in [9.17, 15) is 13.6 Å². The number of benzene rings is 3. The molecule has 4 aromatic rings. The third kappa shape index (κ3) is 3.76. The lowest BCUT2D eigenvalue weighted by Gasteiger charge is -2.07. The van der Waals surface area contributed by atoms with Crippen molar-refractivity contribution in [3.8, 4) is 11.1 Å². The molecule has 0 radical (unpaired) electrons. The summed E-state index contributed by atoms with van der Waals surface area (Å²) in [7, 11) is 0. The molecule has 4 rings (SSSR count). The molecule has 3 aromatic carbocycles. The number of halogens is 2. The van der Waals surface area contributed by atoms with E-state index in [2.05, 4.69) is 0 Å². The maximum Gasteiger partial charge on any atom is 0.338 e. The Kier molecular flexibility index (Phi) is 5.12. The molecule has 0 aliphatic heterocycles. The molecule has 5 heteroatoms. The molecular formula is C24H19F2NO2. The second-order valence-electron chi connectivity index (χ2n) is 6.72. The molecule has 0 bridgehead atoms. The van der Waals surface area contributed by atoms with Crippen LogP contribution in [0, 0.1) is 11.6 Å². The van der Waals surface area contributed by atoms with Crippen molar-refractivity contribution in [1.82, 2.24) is 4.57 Å². The third-order valence-corrected chi connectivity index (χ3v) is 4.83. The number of aromatic nitrogens is 1. The third-order valence-electron chi connectivity index (χ3n) is 4.83. The smallest absolute Gasteiger partial charge is 0.338 e. The summed E-state index contributed by atoms with van der Waals surface area (Å²) < 4.78 is 34.4. The van der Waals surface area contributed by atoms with Gasteiger partial charge in [0.1, 0.15) is 11.6 Å². The van der Waals surface area contributed by atoms with Crippen LogP contribution in [0.25, 0.3) is 22.0 Å². The van der Waals surface area contributed by atoms with Crippen LogP contribution < -0.4 is 0 Å². The molecule has 0 atom stereocenters. The van der Waals surface area contributed by atoms with Gasteiger partial charge < -0.3 is 9.30 Å². The summed E-state index contributed by atoms with van der Waals surface area (Å²) in [4.78, 5) is 12.1. The summed E-state index contributed by atoms with van der Waals surface area (Å²) in [5, 5.41) is 0.982. The molecule has 0 N–H and O–H groups in total. The maximum atomic E-state index is 14.2. The van der Waals surface area contributed by atoms with Gasteiger partial charge >= 0.3 is 5.97 Å². The van der Waals surface area contributed by atoms with Crippen molar-refractivity contribution in [1.29, 1.82) is 0 Å². The van der Waals surface area contributed by atoms with Gasteiger partial charge in [-0.15, -0.1) is 0 Å². The Labute approximate surface area is 167 Å². The molecule has 1 heterocycles.